The SMILES string of the molecule is O=C1NC2=Nc3ccc(Cl)c(Cl)c3CCC2C12CC2. The Morgan fingerprint density at radius 1 is 1.32 bits per heavy atom. The fourth-order valence-corrected chi connectivity index (χ4v) is 3.75. The summed E-state index contributed by atoms with van der Waals surface area (Å²) < 4.78 is 0. The number of nitrogens with one attached hydrogen (secondary N) is 1. The van der Waals surface area contributed by atoms with Gasteiger partial charge in [-0.15, -0.1) is 0 Å². The van der Waals surface area contributed by atoms with Gasteiger partial charge < -0.3 is 5.32 Å². The molecule has 3 aliphatic rings. The maximum absolute atomic E-state index is 12.0. The molecular formula is C14H12Cl2N2O. The smallest absolute Gasteiger partial charge is 0.232 e. The molecule has 1 atom stereocenters. The lowest BCUT2D eigenvalue weighted by Crippen LogP contribution is -2.22. The van der Waals surface area contributed by atoms with Crippen LogP contribution in [-0.4, -0.2) is 11.7 Å². The molecule has 1 aromatic carbocycles. The quantitative estimate of drug-likeness (QED) is 0.782. The highest BCUT2D eigenvalue weighted by atomic mass is 35.5. The third-order valence-corrected chi connectivity index (χ3v) is 5.42. The summed E-state index contributed by atoms with van der Waals surface area (Å²) in [6, 6.07) is 3.64. The number of aliphatic imine (C=N–C) groups is 1. The molecule has 1 spiro atoms. The first kappa shape index (κ1) is 11.7. The normalized spacial score (nSPS) is 26.3. The van der Waals surface area contributed by atoms with E-state index in [4.69, 9.17) is 23.2 Å². The van der Waals surface area contributed by atoms with Gasteiger partial charge in [0, 0.05) is 5.92 Å². The minimum atomic E-state index is -0.169. The van der Waals surface area contributed by atoms with Crippen LogP contribution in [0.5, 0.6) is 0 Å². The maximum Gasteiger partial charge on any atom is 0.232 e. The second-order valence-electron chi connectivity index (χ2n) is 5.56. The van der Waals surface area contributed by atoms with Crippen LogP contribution < -0.4 is 5.32 Å². The molecule has 3 nitrogen and oxygen atoms in total. The minimum absolute atomic E-state index is 0.153. The van der Waals surface area contributed by atoms with Crippen molar-refractivity contribution in [1.29, 1.82) is 0 Å². The van der Waals surface area contributed by atoms with Gasteiger partial charge >= 0.3 is 0 Å². The molecule has 19 heavy (non-hydrogen) atoms. The fourth-order valence-electron chi connectivity index (χ4n) is 3.32. The van der Waals surface area contributed by atoms with E-state index in [9.17, 15) is 4.79 Å². The van der Waals surface area contributed by atoms with E-state index in [0.29, 0.717) is 10.0 Å². The van der Waals surface area contributed by atoms with Gasteiger partial charge in [-0.1, -0.05) is 23.2 Å². The van der Waals surface area contributed by atoms with Crippen LogP contribution in [0.1, 0.15) is 24.8 Å². The first-order chi connectivity index (χ1) is 9.12. The van der Waals surface area contributed by atoms with Gasteiger partial charge in [0.1, 0.15) is 5.84 Å². The van der Waals surface area contributed by atoms with Gasteiger partial charge in [0.25, 0.3) is 0 Å². The molecule has 4 rings (SSSR count). The molecule has 98 valence electrons. The van der Waals surface area contributed by atoms with Crippen LogP contribution in [0.4, 0.5) is 5.69 Å². The first-order valence-corrected chi connectivity index (χ1v) is 7.24. The molecule has 2 aliphatic heterocycles. The first-order valence-electron chi connectivity index (χ1n) is 6.49. The topological polar surface area (TPSA) is 41.5 Å². The van der Waals surface area contributed by atoms with Gasteiger partial charge in [-0.25, -0.2) is 4.99 Å². The van der Waals surface area contributed by atoms with E-state index in [2.05, 4.69) is 10.3 Å². The van der Waals surface area contributed by atoms with Gasteiger partial charge in [0.05, 0.1) is 21.1 Å². The van der Waals surface area contributed by atoms with Crippen molar-refractivity contribution in [3.05, 3.63) is 27.7 Å². The van der Waals surface area contributed by atoms with Crippen molar-refractivity contribution in [1.82, 2.24) is 5.32 Å². The Kier molecular flexibility index (Phi) is 2.31. The van der Waals surface area contributed by atoms with Gasteiger partial charge in [0.2, 0.25) is 5.91 Å². The van der Waals surface area contributed by atoms with Crippen LogP contribution in [0.2, 0.25) is 10.0 Å². The maximum atomic E-state index is 12.0. The minimum Gasteiger partial charge on any atom is -0.313 e. The molecule has 1 saturated carbocycles. The molecule has 1 saturated heterocycles. The largest absolute Gasteiger partial charge is 0.313 e. The highest BCUT2D eigenvalue weighted by Gasteiger charge is 2.61. The van der Waals surface area contributed by atoms with E-state index < -0.39 is 0 Å². The van der Waals surface area contributed by atoms with Crippen molar-refractivity contribution in [2.45, 2.75) is 25.7 Å². The lowest BCUT2D eigenvalue weighted by Gasteiger charge is -2.13. The molecule has 1 N–H and O–H groups in total. The Morgan fingerprint density at radius 2 is 2.11 bits per heavy atom. The lowest BCUT2D eigenvalue weighted by molar-refractivity contribution is -0.124. The second-order valence-corrected chi connectivity index (χ2v) is 6.34. The molecule has 1 aromatic rings. The monoisotopic (exact) mass is 294 g/mol. The van der Waals surface area contributed by atoms with Gasteiger partial charge in [-0.3, -0.25) is 4.79 Å². The van der Waals surface area contributed by atoms with Crippen molar-refractivity contribution < 1.29 is 4.79 Å². The summed E-state index contributed by atoms with van der Waals surface area (Å²) in [5, 5.41) is 4.12. The average Bonchev–Trinajstić information content (AvgIpc) is 3.14. The van der Waals surface area contributed by atoms with Crippen molar-refractivity contribution >= 4 is 40.6 Å². The average molecular weight is 295 g/mol. The molecule has 2 heterocycles. The summed E-state index contributed by atoms with van der Waals surface area (Å²) in [5.74, 6) is 1.20. The second kappa shape index (κ2) is 3.74. The molecule has 2 fully saturated rings. The summed E-state index contributed by atoms with van der Waals surface area (Å²) >= 11 is 12.3. The summed E-state index contributed by atoms with van der Waals surface area (Å²) in [4.78, 5) is 16.7. The van der Waals surface area contributed by atoms with Crippen LogP contribution in [0.3, 0.4) is 0 Å². The van der Waals surface area contributed by atoms with E-state index in [1.54, 1.807) is 6.07 Å². The zero-order valence-electron chi connectivity index (χ0n) is 10.2. The Balaban J connectivity index is 1.83. The number of nitrogens with zero attached hydrogens (tertiary/aromatic N) is 1. The number of amides is 1. The Hall–Kier alpha value is -1.06. The zero-order chi connectivity index (χ0) is 13.2. The van der Waals surface area contributed by atoms with E-state index >= 15 is 0 Å². The van der Waals surface area contributed by atoms with Gasteiger partial charge in [0.15, 0.2) is 0 Å². The molecule has 0 aromatic heterocycles. The number of hydrogen-bond donors (Lipinski definition) is 1. The highest BCUT2D eigenvalue weighted by Crippen LogP contribution is 2.57. The lowest BCUT2D eigenvalue weighted by atomic mass is 9.87. The van der Waals surface area contributed by atoms with E-state index in [0.717, 1.165) is 42.8 Å². The number of hydrogen-bond acceptors (Lipinski definition) is 2. The van der Waals surface area contributed by atoms with Crippen molar-refractivity contribution in [2.75, 3.05) is 0 Å². The van der Waals surface area contributed by atoms with Crippen molar-refractivity contribution in [3.63, 3.8) is 0 Å². The molecule has 0 radical (unpaired) electrons. The van der Waals surface area contributed by atoms with Crippen LogP contribution in [0.25, 0.3) is 0 Å². The van der Waals surface area contributed by atoms with Crippen LogP contribution in [0, 0.1) is 11.3 Å². The number of benzene rings is 1. The number of carbonyl (C=O) groups excluding carboxylic acids is 1. The molecular weight excluding hydrogens is 283 g/mol. The van der Waals surface area contributed by atoms with E-state index in [1.165, 1.54) is 0 Å². The number of carbonyl (C=O) groups is 1. The molecule has 0 bridgehead atoms. The predicted octanol–water partition coefficient (Wildman–Crippen LogP) is 3.50. The van der Waals surface area contributed by atoms with Crippen molar-refractivity contribution in [2.24, 2.45) is 16.3 Å². The van der Waals surface area contributed by atoms with Crippen LogP contribution in [-0.2, 0) is 11.2 Å². The predicted molar refractivity (Wildman–Crippen MR) is 75.2 cm³/mol. The summed E-state index contributed by atoms with van der Waals surface area (Å²) in [5.41, 5.74) is 1.67. The molecule has 1 unspecified atom stereocenters. The number of amidine groups is 1. The van der Waals surface area contributed by atoms with Crippen LogP contribution in [0.15, 0.2) is 17.1 Å². The third kappa shape index (κ3) is 1.52. The zero-order valence-corrected chi connectivity index (χ0v) is 11.7. The number of rotatable bonds is 0. The van der Waals surface area contributed by atoms with E-state index in [-0.39, 0.29) is 17.2 Å². The molecule has 5 heteroatoms. The summed E-state index contributed by atoms with van der Waals surface area (Å²) in [7, 11) is 0. The third-order valence-electron chi connectivity index (χ3n) is 4.57. The molecule has 1 amide bonds. The summed E-state index contributed by atoms with van der Waals surface area (Å²) in [6.45, 7) is 0. The Morgan fingerprint density at radius 3 is 2.84 bits per heavy atom. The molecule has 1 aliphatic carbocycles. The summed E-state index contributed by atoms with van der Waals surface area (Å²) in [6.07, 6.45) is 3.69. The van der Waals surface area contributed by atoms with Gasteiger partial charge in [-0.05, 0) is 43.4 Å². The van der Waals surface area contributed by atoms with E-state index in [1.807, 2.05) is 6.07 Å². The van der Waals surface area contributed by atoms with Crippen molar-refractivity contribution in [3.8, 4) is 0 Å². The number of fused-ring (bicyclic) bond motifs is 3. The fraction of sp³-hybridized carbons (Fsp3) is 0.429. The Bertz CT molecular complexity index is 635. The Labute approximate surface area is 121 Å². The van der Waals surface area contributed by atoms with Crippen LogP contribution >= 0.6 is 23.2 Å². The highest BCUT2D eigenvalue weighted by molar-refractivity contribution is 6.42. The van der Waals surface area contributed by atoms with Gasteiger partial charge in [-0.2, -0.15) is 0 Å². The number of halogens is 2. The standard InChI is InChI=1S/C14H12Cl2N2O/c15-9-3-4-10-7(11(9)16)1-2-8-12(17-10)18-13(19)14(8)5-6-14/h3-4,8H,1-2,5-6H2,(H,17,18,19).